The minimum Gasteiger partial charge on any atom is -0.382 e. The van der Waals surface area contributed by atoms with Crippen molar-refractivity contribution in [1.82, 2.24) is 15.6 Å². The van der Waals surface area contributed by atoms with Crippen LogP contribution in [0.2, 0.25) is 0 Å². The summed E-state index contributed by atoms with van der Waals surface area (Å²) in [5.74, 6) is 6.29. The largest absolute Gasteiger partial charge is 0.382 e. The fourth-order valence-electron chi connectivity index (χ4n) is 3.23. The van der Waals surface area contributed by atoms with Crippen LogP contribution in [0.15, 0.2) is 4.99 Å². The number of rotatable bonds is 6. The van der Waals surface area contributed by atoms with Gasteiger partial charge in [0.25, 0.3) is 0 Å². The molecule has 2 unspecified atom stereocenters. The first-order chi connectivity index (χ1) is 9.85. The molecule has 0 aliphatic carbocycles. The molecule has 20 heavy (non-hydrogen) atoms. The van der Waals surface area contributed by atoms with E-state index in [1.54, 1.807) is 0 Å². The van der Waals surface area contributed by atoms with E-state index in [2.05, 4.69) is 20.6 Å². The van der Waals surface area contributed by atoms with E-state index in [-0.39, 0.29) is 0 Å². The van der Waals surface area contributed by atoms with Crippen LogP contribution in [0.1, 0.15) is 39.0 Å². The van der Waals surface area contributed by atoms with Crippen molar-refractivity contribution in [2.45, 2.75) is 51.1 Å². The molecule has 0 aromatic heterocycles. The molecular formula is C14H29N5O. The van der Waals surface area contributed by atoms with Gasteiger partial charge in [-0.3, -0.25) is 15.3 Å². The smallest absolute Gasteiger partial charge is 0.206 e. The molecule has 4 N–H and O–H groups in total. The highest BCUT2D eigenvalue weighted by Crippen LogP contribution is 2.26. The van der Waals surface area contributed by atoms with Crippen LogP contribution >= 0.6 is 0 Å². The molecule has 2 saturated heterocycles. The summed E-state index contributed by atoms with van der Waals surface area (Å²) in [6.45, 7) is 6.73. The highest BCUT2D eigenvalue weighted by atomic mass is 16.5. The number of guanidine groups is 1. The van der Waals surface area contributed by atoms with Crippen LogP contribution in [0.4, 0.5) is 0 Å². The summed E-state index contributed by atoms with van der Waals surface area (Å²) < 4.78 is 5.31. The maximum Gasteiger partial charge on any atom is 0.206 e. The Bertz CT molecular complexity index is 310. The number of hydrazine groups is 1. The van der Waals surface area contributed by atoms with E-state index in [0.29, 0.717) is 12.1 Å². The van der Waals surface area contributed by atoms with Gasteiger partial charge >= 0.3 is 0 Å². The van der Waals surface area contributed by atoms with Gasteiger partial charge in [-0.25, -0.2) is 5.84 Å². The summed E-state index contributed by atoms with van der Waals surface area (Å²) in [7, 11) is 0. The summed E-state index contributed by atoms with van der Waals surface area (Å²) in [5.41, 5.74) is 2.69. The van der Waals surface area contributed by atoms with Gasteiger partial charge in [-0.05, 0) is 39.2 Å². The van der Waals surface area contributed by atoms with Crippen molar-refractivity contribution in [3.8, 4) is 0 Å². The SMILES string of the molecule is CCOCCCN=C(NN)NC1CCN2CCCCC12. The van der Waals surface area contributed by atoms with Crippen LogP contribution < -0.4 is 16.6 Å². The van der Waals surface area contributed by atoms with Gasteiger partial charge < -0.3 is 10.1 Å². The predicted molar refractivity (Wildman–Crippen MR) is 81.5 cm³/mol. The summed E-state index contributed by atoms with van der Waals surface area (Å²) in [5, 5.41) is 3.49. The van der Waals surface area contributed by atoms with Gasteiger partial charge in [0.1, 0.15) is 0 Å². The Balaban J connectivity index is 1.76. The quantitative estimate of drug-likeness (QED) is 0.217. The van der Waals surface area contributed by atoms with Crippen molar-refractivity contribution < 1.29 is 4.74 Å². The molecule has 2 aliphatic rings. The molecule has 6 nitrogen and oxygen atoms in total. The van der Waals surface area contributed by atoms with Crippen molar-refractivity contribution in [2.75, 3.05) is 32.8 Å². The molecule has 0 radical (unpaired) electrons. The van der Waals surface area contributed by atoms with Gasteiger partial charge in [-0.1, -0.05) is 6.42 Å². The number of piperidine rings is 1. The van der Waals surface area contributed by atoms with Crippen molar-refractivity contribution >= 4 is 5.96 Å². The van der Waals surface area contributed by atoms with Crippen molar-refractivity contribution in [1.29, 1.82) is 0 Å². The van der Waals surface area contributed by atoms with E-state index < -0.39 is 0 Å². The number of nitrogens with two attached hydrogens (primary N) is 1. The Hall–Kier alpha value is -0.850. The number of nitrogens with one attached hydrogen (secondary N) is 2. The Morgan fingerprint density at radius 1 is 1.35 bits per heavy atom. The first-order valence-electron chi connectivity index (χ1n) is 7.94. The van der Waals surface area contributed by atoms with Crippen LogP contribution in [0, 0.1) is 0 Å². The lowest BCUT2D eigenvalue weighted by Gasteiger charge is -2.33. The summed E-state index contributed by atoms with van der Waals surface area (Å²) >= 11 is 0. The van der Waals surface area contributed by atoms with E-state index in [4.69, 9.17) is 10.6 Å². The standard InChI is InChI=1S/C14H29N5O/c1-2-20-11-5-8-16-14(18-15)17-12-7-10-19-9-4-3-6-13(12)19/h12-13H,2-11,15H2,1H3,(H2,16,17,18). The van der Waals surface area contributed by atoms with Crippen molar-refractivity contribution in [3.63, 3.8) is 0 Å². The third kappa shape index (κ3) is 4.33. The van der Waals surface area contributed by atoms with Gasteiger partial charge in [0, 0.05) is 38.4 Å². The van der Waals surface area contributed by atoms with E-state index in [0.717, 1.165) is 32.1 Å². The van der Waals surface area contributed by atoms with Gasteiger partial charge in [0.2, 0.25) is 5.96 Å². The lowest BCUT2D eigenvalue weighted by Crippen LogP contribution is -2.52. The van der Waals surface area contributed by atoms with Gasteiger partial charge in [-0.15, -0.1) is 0 Å². The normalized spacial score (nSPS) is 27.4. The Morgan fingerprint density at radius 2 is 2.25 bits per heavy atom. The fourth-order valence-corrected chi connectivity index (χ4v) is 3.23. The predicted octanol–water partition coefficient (Wildman–Crippen LogP) is 0.449. The molecule has 2 heterocycles. The van der Waals surface area contributed by atoms with Gasteiger partial charge in [0.15, 0.2) is 0 Å². The second kappa shape index (κ2) is 8.44. The number of aliphatic imine (C=N–C) groups is 1. The minimum absolute atomic E-state index is 0.483. The molecule has 2 fully saturated rings. The number of fused-ring (bicyclic) bond motifs is 1. The summed E-state index contributed by atoms with van der Waals surface area (Å²) in [6, 6.07) is 1.14. The monoisotopic (exact) mass is 283 g/mol. The van der Waals surface area contributed by atoms with Gasteiger partial charge in [0.05, 0.1) is 0 Å². The maximum absolute atomic E-state index is 5.57. The number of ether oxygens (including phenoxy) is 1. The number of hydrogen-bond donors (Lipinski definition) is 3. The molecule has 116 valence electrons. The molecule has 0 bridgehead atoms. The van der Waals surface area contributed by atoms with Crippen LogP contribution in [-0.2, 0) is 4.74 Å². The first-order valence-corrected chi connectivity index (χ1v) is 7.94. The van der Waals surface area contributed by atoms with Crippen molar-refractivity contribution in [2.24, 2.45) is 10.8 Å². The molecule has 0 aromatic rings. The minimum atomic E-state index is 0.483. The second-order valence-corrected chi connectivity index (χ2v) is 5.56. The average molecular weight is 283 g/mol. The highest BCUT2D eigenvalue weighted by Gasteiger charge is 2.35. The molecule has 0 spiro atoms. The van der Waals surface area contributed by atoms with Crippen LogP contribution in [0.3, 0.4) is 0 Å². The maximum atomic E-state index is 5.57. The lowest BCUT2D eigenvalue weighted by molar-refractivity contribution is 0.146. The molecule has 0 aromatic carbocycles. The van der Waals surface area contributed by atoms with E-state index in [1.165, 1.54) is 38.8 Å². The molecule has 0 amide bonds. The number of nitrogens with zero attached hydrogens (tertiary/aromatic N) is 2. The fraction of sp³-hybridized carbons (Fsp3) is 0.929. The molecule has 2 aliphatic heterocycles. The third-order valence-corrected chi connectivity index (χ3v) is 4.24. The van der Waals surface area contributed by atoms with Crippen LogP contribution in [0.25, 0.3) is 0 Å². The Kier molecular flexibility index (Phi) is 6.56. The van der Waals surface area contributed by atoms with Crippen molar-refractivity contribution in [3.05, 3.63) is 0 Å². The zero-order valence-corrected chi connectivity index (χ0v) is 12.6. The first kappa shape index (κ1) is 15.5. The lowest BCUT2D eigenvalue weighted by atomic mass is 9.99. The average Bonchev–Trinajstić information content (AvgIpc) is 2.89. The van der Waals surface area contributed by atoms with Gasteiger partial charge in [-0.2, -0.15) is 0 Å². The summed E-state index contributed by atoms with van der Waals surface area (Å²) in [4.78, 5) is 7.09. The molecule has 6 heteroatoms. The highest BCUT2D eigenvalue weighted by molar-refractivity contribution is 5.79. The zero-order valence-electron chi connectivity index (χ0n) is 12.6. The molecule has 0 saturated carbocycles. The van der Waals surface area contributed by atoms with E-state index in [1.807, 2.05) is 6.92 Å². The molecular weight excluding hydrogens is 254 g/mol. The topological polar surface area (TPSA) is 74.9 Å². The molecule has 2 rings (SSSR count). The van der Waals surface area contributed by atoms with Crippen LogP contribution in [0.5, 0.6) is 0 Å². The zero-order chi connectivity index (χ0) is 14.2. The second-order valence-electron chi connectivity index (χ2n) is 5.56. The van der Waals surface area contributed by atoms with E-state index >= 15 is 0 Å². The molecule has 2 atom stereocenters. The Morgan fingerprint density at radius 3 is 3.05 bits per heavy atom. The summed E-state index contributed by atoms with van der Waals surface area (Å²) in [6.07, 6.45) is 6.10. The Labute approximate surface area is 122 Å². The van der Waals surface area contributed by atoms with Crippen LogP contribution in [-0.4, -0.2) is 55.8 Å². The van der Waals surface area contributed by atoms with E-state index in [9.17, 15) is 0 Å². The number of hydrogen-bond acceptors (Lipinski definition) is 4. The third-order valence-electron chi connectivity index (χ3n) is 4.24.